The van der Waals surface area contributed by atoms with Gasteiger partial charge in [-0.3, -0.25) is 19.4 Å². The molecule has 2 aromatic rings. The van der Waals surface area contributed by atoms with E-state index < -0.39 is 0 Å². The molecule has 2 unspecified atom stereocenters. The highest BCUT2D eigenvalue weighted by Crippen LogP contribution is 2.37. The van der Waals surface area contributed by atoms with E-state index in [1.165, 1.54) is 0 Å². The van der Waals surface area contributed by atoms with Crippen LogP contribution in [-0.2, 0) is 0 Å². The number of nitrogens with zero attached hydrogens (tertiary/aromatic N) is 2. The lowest BCUT2D eigenvalue weighted by Gasteiger charge is -2.25. The molecule has 2 heterocycles. The van der Waals surface area contributed by atoms with E-state index in [9.17, 15) is 9.59 Å². The van der Waals surface area contributed by atoms with Gasteiger partial charge in [-0.1, -0.05) is 24.3 Å². The molecular formula is C24H27N3O4. The van der Waals surface area contributed by atoms with E-state index in [1.54, 1.807) is 36.4 Å². The predicted octanol–water partition coefficient (Wildman–Crippen LogP) is 1.44. The Kier molecular flexibility index (Phi) is 5.72. The van der Waals surface area contributed by atoms with Crippen LogP contribution >= 0.6 is 0 Å². The average Bonchev–Trinajstić information content (AvgIpc) is 2.89. The summed E-state index contributed by atoms with van der Waals surface area (Å²) in [4.78, 5) is 31.5. The van der Waals surface area contributed by atoms with Gasteiger partial charge in [-0.2, -0.15) is 0 Å². The molecule has 1 aliphatic carbocycles. The Morgan fingerprint density at radius 2 is 1.16 bits per heavy atom. The summed E-state index contributed by atoms with van der Waals surface area (Å²) in [7, 11) is 0. The molecule has 7 heteroatoms. The van der Waals surface area contributed by atoms with Gasteiger partial charge in [0.1, 0.15) is 24.7 Å². The topological polar surface area (TPSA) is 71.1 Å². The van der Waals surface area contributed by atoms with Crippen LogP contribution in [0.2, 0.25) is 0 Å². The molecule has 2 aromatic carbocycles. The van der Waals surface area contributed by atoms with Crippen LogP contribution in [0.5, 0.6) is 11.5 Å². The molecule has 0 aromatic heterocycles. The van der Waals surface area contributed by atoms with E-state index in [0.29, 0.717) is 47.0 Å². The third-order valence-electron chi connectivity index (χ3n) is 6.27. The van der Waals surface area contributed by atoms with Gasteiger partial charge in [-0.15, -0.1) is 0 Å². The molecule has 0 spiro atoms. The largest absolute Gasteiger partial charge is 0.491 e. The number of hydrogen-bond acceptors (Lipinski definition) is 7. The van der Waals surface area contributed by atoms with Crippen LogP contribution in [-0.4, -0.2) is 86.9 Å². The summed E-state index contributed by atoms with van der Waals surface area (Å²) in [6, 6.07) is 10.5. The van der Waals surface area contributed by atoms with E-state index in [1.807, 2.05) is 0 Å². The van der Waals surface area contributed by atoms with Crippen LogP contribution in [0.15, 0.2) is 36.4 Å². The number of benzene rings is 2. The molecule has 0 amide bonds. The van der Waals surface area contributed by atoms with Crippen molar-refractivity contribution in [1.82, 2.24) is 15.1 Å². The average molecular weight is 421 g/mol. The maximum absolute atomic E-state index is 13.5. The summed E-state index contributed by atoms with van der Waals surface area (Å²) in [5.41, 5.74) is 1.50. The van der Waals surface area contributed by atoms with E-state index >= 15 is 0 Å². The zero-order valence-corrected chi connectivity index (χ0v) is 17.6. The van der Waals surface area contributed by atoms with Crippen molar-refractivity contribution in [1.29, 1.82) is 0 Å². The summed E-state index contributed by atoms with van der Waals surface area (Å²) < 4.78 is 12.1. The summed E-state index contributed by atoms with van der Waals surface area (Å²) in [6.07, 6.45) is 0. The first kappa shape index (κ1) is 20.2. The third kappa shape index (κ3) is 3.96. The van der Waals surface area contributed by atoms with Crippen molar-refractivity contribution in [3.05, 3.63) is 58.7 Å². The van der Waals surface area contributed by atoms with Crippen LogP contribution in [0.3, 0.4) is 0 Å². The van der Waals surface area contributed by atoms with Crippen molar-refractivity contribution in [3.8, 4) is 11.5 Å². The Morgan fingerprint density at radius 1 is 0.645 bits per heavy atom. The van der Waals surface area contributed by atoms with E-state index in [2.05, 4.69) is 15.1 Å². The molecule has 31 heavy (non-hydrogen) atoms. The predicted molar refractivity (Wildman–Crippen MR) is 116 cm³/mol. The molecule has 4 bridgehead atoms. The molecule has 1 N–H and O–H groups in total. The molecular weight excluding hydrogens is 394 g/mol. The highest BCUT2D eigenvalue weighted by Gasteiger charge is 2.34. The van der Waals surface area contributed by atoms with Gasteiger partial charge in [0.05, 0.1) is 11.1 Å². The Balaban J connectivity index is 1.54. The summed E-state index contributed by atoms with van der Waals surface area (Å²) >= 11 is 0. The van der Waals surface area contributed by atoms with Crippen molar-refractivity contribution in [3.63, 3.8) is 0 Å². The Bertz CT molecular complexity index is 931. The molecule has 1 saturated heterocycles. The number of carbonyl (C=O) groups excluding carboxylic acids is 2. The number of nitrogens with one attached hydrogen (secondary N) is 1. The maximum atomic E-state index is 13.5. The lowest BCUT2D eigenvalue weighted by molar-refractivity contribution is 0.0971. The number of ketones is 2. The highest BCUT2D eigenvalue weighted by atomic mass is 16.5. The van der Waals surface area contributed by atoms with Crippen molar-refractivity contribution in [2.75, 3.05) is 65.6 Å². The molecule has 162 valence electrons. The first-order chi connectivity index (χ1) is 15.2. The number of ether oxygens (including phenoxy) is 2. The number of hydrogen-bond donors (Lipinski definition) is 1. The quantitative estimate of drug-likeness (QED) is 0.589. The minimum absolute atomic E-state index is 0.159. The monoisotopic (exact) mass is 421 g/mol. The van der Waals surface area contributed by atoms with Gasteiger partial charge in [0.15, 0.2) is 5.78 Å². The molecule has 0 radical (unpaired) electrons. The van der Waals surface area contributed by atoms with Crippen LogP contribution in [0.4, 0.5) is 0 Å². The minimum atomic E-state index is -0.204. The van der Waals surface area contributed by atoms with Gasteiger partial charge in [-0.25, -0.2) is 0 Å². The fraction of sp³-hybridized carbons (Fsp3) is 0.417. The Morgan fingerprint density at radius 3 is 1.68 bits per heavy atom. The second-order valence-corrected chi connectivity index (χ2v) is 8.15. The van der Waals surface area contributed by atoms with Crippen molar-refractivity contribution in [2.45, 2.75) is 0 Å². The molecule has 5 rings (SSSR count). The normalized spacial score (nSPS) is 24.0. The molecule has 1 fully saturated rings. The minimum Gasteiger partial charge on any atom is -0.491 e. The van der Waals surface area contributed by atoms with Crippen molar-refractivity contribution in [2.24, 2.45) is 0 Å². The molecule has 2 aliphatic heterocycles. The first-order valence-corrected chi connectivity index (χ1v) is 11.0. The Labute approximate surface area is 181 Å². The summed E-state index contributed by atoms with van der Waals surface area (Å²) in [6.45, 7) is 8.14. The van der Waals surface area contributed by atoms with Crippen LogP contribution in [0, 0.1) is 0 Å². The number of fused-ring (bicyclic) bond motifs is 3. The lowest BCUT2D eigenvalue weighted by atomic mass is 9.83. The molecule has 2 atom stereocenters. The van der Waals surface area contributed by atoms with Gasteiger partial charge in [0.25, 0.3) is 0 Å². The Hall–Kier alpha value is -2.74. The summed E-state index contributed by atoms with van der Waals surface area (Å²) in [5.74, 6) is 0.573. The fourth-order valence-electron chi connectivity index (χ4n) is 4.54. The summed E-state index contributed by atoms with van der Waals surface area (Å²) in [5, 5.41) is 3.50. The highest BCUT2D eigenvalue weighted by molar-refractivity contribution is 6.30. The standard InChI is InChI=1S/C24H27N3O4/c28-23-17-3-1-5-19-21(17)24(29)22-18(23)4-2-6-20(22)31-16-14-27-10-8-25-7-9-26(11-12-27)13-15-30-19/h1-6,25H,7-16H2. The molecule has 3 aliphatic rings. The number of rotatable bonds is 0. The second kappa shape index (κ2) is 8.78. The van der Waals surface area contributed by atoms with E-state index in [4.69, 9.17) is 9.47 Å². The van der Waals surface area contributed by atoms with Crippen LogP contribution < -0.4 is 14.8 Å². The van der Waals surface area contributed by atoms with Gasteiger partial charge in [0, 0.05) is 63.5 Å². The zero-order valence-electron chi connectivity index (χ0n) is 17.6. The second-order valence-electron chi connectivity index (χ2n) is 8.15. The van der Waals surface area contributed by atoms with Gasteiger partial charge in [0.2, 0.25) is 5.78 Å². The number of carbonyl (C=O) groups is 2. The van der Waals surface area contributed by atoms with Crippen molar-refractivity contribution >= 4 is 11.6 Å². The fourth-order valence-corrected chi connectivity index (χ4v) is 4.54. The molecule has 7 nitrogen and oxygen atoms in total. The van der Waals surface area contributed by atoms with Crippen LogP contribution in [0.1, 0.15) is 31.8 Å². The smallest absolute Gasteiger partial charge is 0.201 e. The van der Waals surface area contributed by atoms with Crippen LogP contribution in [0.25, 0.3) is 0 Å². The van der Waals surface area contributed by atoms with Gasteiger partial charge < -0.3 is 14.8 Å². The van der Waals surface area contributed by atoms with Gasteiger partial charge in [-0.05, 0) is 12.1 Å². The molecule has 0 saturated carbocycles. The van der Waals surface area contributed by atoms with E-state index in [0.717, 1.165) is 52.4 Å². The SMILES string of the molecule is O=C1c2cccc3c2C(=O)c2c(cccc21)OCCN1CCNCCN(CCO3)CC1. The van der Waals surface area contributed by atoms with E-state index in [-0.39, 0.29) is 11.6 Å². The first-order valence-electron chi connectivity index (χ1n) is 11.0. The lowest BCUT2D eigenvalue weighted by Crippen LogP contribution is -2.39. The zero-order chi connectivity index (χ0) is 21.2. The third-order valence-corrected chi connectivity index (χ3v) is 6.27. The van der Waals surface area contributed by atoms with Gasteiger partial charge >= 0.3 is 0 Å². The maximum Gasteiger partial charge on any atom is 0.201 e. The van der Waals surface area contributed by atoms with Crippen molar-refractivity contribution < 1.29 is 19.1 Å².